The van der Waals surface area contributed by atoms with Crippen LogP contribution < -0.4 is 4.90 Å². The molecule has 0 radical (unpaired) electrons. The topological polar surface area (TPSA) is 84.0 Å². The van der Waals surface area contributed by atoms with E-state index >= 15 is 0 Å². The molecular weight excluding hydrogens is 480 g/mol. The van der Waals surface area contributed by atoms with Gasteiger partial charge in [-0.15, -0.1) is 0 Å². The van der Waals surface area contributed by atoms with Crippen LogP contribution in [0.2, 0.25) is 5.02 Å². The fourth-order valence-electron chi connectivity index (χ4n) is 5.22. The fraction of sp³-hybridized carbons (Fsp3) is 0.429. The van der Waals surface area contributed by atoms with E-state index < -0.39 is 23.8 Å². The van der Waals surface area contributed by atoms with E-state index in [9.17, 15) is 19.2 Å². The number of imide groups is 1. The summed E-state index contributed by atoms with van der Waals surface area (Å²) in [6.45, 7) is 10.3. The van der Waals surface area contributed by atoms with Crippen molar-refractivity contribution < 1.29 is 23.9 Å². The van der Waals surface area contributed by atoms with Crippen LogP contribution in [0, 0.1) is 16.7 Å². The Bertz CT molecular complexity index is 1210. The molecule has 0 aromatic heterocycles. The molecule has 2 aromatic carbocycles. The third-order valence-electron chi connectivity index (χ3n) is 7.98. The molecule has 2 aromatic rings. The molecule has 1 aliphatic carbocycles. The number of amides is 3. The van der Waals surface area contributed by atoms with Crippen molar-refractivity contribution in [1.29, 1.82) is 0 Å². The van der Waals surface area contributed by atoms with Gasteiger partial charge in [0.1, 0.15) is 6.04 Å². The average Bonchev–Trinajstić information content (AvgIpc) is 3.06. The molecule has 36 heavy (non-hydrogen) atoms. The number of rotatable bonds is 7. The lowest BCUT2D eigenvalue weighted by molar-refractivity contribution is -0.141. The molecule has 7 nitrogen and oxygen atoms in total. The molecule has 8 heteroatoms. The van der Waals surface area contributed by atoms with Crippen LogP contribution >= 0.6 is 11.6 Å². The Hall–Kier alpha value is -3.19. The summed E-state index contributed by atoms with van der Waals surface area (Å²) in [5.74, 6) is -1.79. The second-order valence-electron chi connectivity index (χ2n) is 10.5. The van der Waals surface area contributed by atoms with E-state index in [4.69, 9.17) is 16.3 Å². The lowest BCUT2D eigenvalue weighted by Crippen LogP contribution is -2.46. The molecule has 2 aliphatic rings. The minimum atomic E-state index is -0.946. The fourth-order valence-corrected chi connectivity index (χ4v) is 5.42. The summed E-state index contributed by atoms with van der Waals surface area (Å²) in [6.07, 6.45) is -0.123. The Balaban J connectivity index is 1.64. The Morgan fingerprint density at radius 1 is 1.03 bits per heavy atom. The molecule has 0 N–H and O–H groups in total. The molecule has 1 unspecified atom stereocenters. The first-order chi connectivity index (χ1) is 16.9. The summed E-state index contributed by atoms with van der Waals surface area (Å²) in [7, 11) is 0. The molecule has 3 amide bonds. The Kier molecular flexibility index (Phi) is 6.73. The summed E-state index contributed by atoms with van der Waals surface area (Å²) in [6, 6.07) is 12.4. The molecular formula is C28H31ClN2O5. The standard InChI is InChI=1S/C28H31ClN2O5/c1-6-36-26(35)17-11-13-19(14-12-17)31-22(32)15-21(24(31)33)30(16-18-9-7-8-10-20(18)29)25(34)23-27(2,3)28(23,4)5/h7-14,21,23H,6,15-16H2,1-5H3. The summed E-state index contributed by atoms with van der Waals surface area (Å²) in [5.41, 5.74) is 0.901. The number of nitrogens with zero attached hydrogens (tertiary/aromatic N) is 2. The van der Waals surface area contributed by atoms with Gasteiger partial charge < -0.3 is 9.64 Å². The molecule has 1 heterocycles. The van der Waals surface area contributed by atoms with Crippen LogP contribution in [0.15, 0.2) is 48.5 Å². The zero-order chi connectivity index (χ0) is 26.4. The van der Waals surface area contributed by atoms with Gasteiger partial charge in [-0.1, -0.05) is 57.5 Å². The van der Waals surface area contributed by atoms with Crippen LogP contribution in [0.1, 0.15) is 57.0 Å². The Morgan fingerprint density at radius 3 is 2.19 bits per heavy atom. The van der Waals surface area contributed by atoms with E-state index in [1.807, 2.05) is 39.8 Å². The number of hydrogen-bond donors (Lipinski definition) is 0. The molecule has 0 spiro atoms. The predicted molar refractivity (Wildman–Crippen MR) is 136 cm³/mol. The van der Waals surface area contributed by atoms with Crippen molar-refractivity contribution >= 4 is 41.0 Å². The number of halogens is 1. The van der Waals surface area contributed by atoms with E-state index in [0.717, 1.165) is 4.90 Å². The van der Waals surface area contributed by atoms with Crippen LogP contribution in [0.4, 0.5) is 5.69 Å². The second kappa shape index (κ2) is 9.36. The summed E-state index contributed by atoms with van der Waals surface area (Å²) in [5, 5.41) is 0.493. The number of benzene rings is 2. The Labute approximate surface area is 216 Å². The number of ether oxygens (including phenoxy) is 1. The quantitative estimate of drug-likeness (QED) is 0.392. The predicted octanol–water partition coefficient (Wildman–Crippen LogP) is 4.86. The zero-order valence-corrected chi connectivity index (χ0v) is 22.0. The van der Waals surface area contributed by atoms with Gasteiger partial charge in [0.05, 0.1) is 24.3 Å². The maximum atomic E-state index is 13.9. The van der Waals surface area contributed by atoms with Gasteiger partial charge in [-0.25, -0.2) is 9.69 Å². The summed E-state index contributed by atoms with van der Waals surface area (Å²) < 4.78 is 5.00. The van der Waals surface area contributed by atoms with Crippen molar-refractivity contribution in [2.45, 2.75) is 53.6 Å². The van der Waals surface area contributed by atoms with E-state index in [1.165, 1.54) is 29.2 Å². The number of esters is 1. The first-order valence-electron chi connectivity index (χ1n) is 12.1. The molecule has 2 fully saturated rings. The van der Waals surface area contributed by atoms with E-state index in [0.29, 0.717) is 21.8 Å². The number of carbonyl (C=O) groups excluding carboxylic acids is 4. The largest absolute Gasteiger partial charge is 0.462 e. The summed E-state index contributed by atoms with van der Waals surface area (Å²) >= 11 is 6.40. The van der Waals surface area contributed by atoms with Crippen molar-refractivity contribution in [2.75, 3.05) is 11.5 Å². The van der Waals surface area contributed by atoms with Crippen LogP contribution in [0.3, 0.4) is 0 Å². The SMILES string of the molecule is CCOC(=O)c1ccc(N2C(=O)CC(N(Cc3ccccc3Cl)C(=O)C3C(C)(C)C3(C)C)C2=O)cc1. The van der Waals surface area contributed by atoms with Crippen molar-refractivity contribution in [2.24, 2.45) is 16.7 Å². The molecule has 1 saturated heterocycles. The lowest BCUT2D eigenvalue weighted by atomic mass is 10.0. The number of anilines is 1. The molecule has 1 aliphatic heterocycles. The van der Waals surface area contributed by atoms with Crippen LogP contribution in [-0.2, 0) is 25.7 Å². The van der Waals surface area contributed by atoms with Gasteiger partial charge >= 0.3 is 5.97 Å². The van der Waals surface area contributed by atoms with Crippen LogP contribution in [-0.4, -0.2) is 41.2 Å². The molecule has 1 saturated carbocycles. The van der Waals surface area contributed by atoms with Crippen molar-refractivity contribution in [3.63, 3.8) is 0 Å². The first kappa shape index (κ1) is 25.9. The smallest absolute Gasteiger partial charge is 0.338 e. The lowest BCUT2D eigenvalue weighted by Gasteiger charge is -2.29. The molecule has 190 valence electrons. The van der Waals surface area contributed by atoms with Gasteiger partial charge in [-0.3, -0.25) is 14.4 Å². The van der Waals surface area contributed by atoms with Gasteiger partial charge in [0.25, 0.3) is 5.91 Å². The van der Waals surface area contributed by atoms with Gasteiger partial charge in [0, 0.05) is 17.5 Å². The third kappa shape index (κ3) is 4.30. The highest BCUT2D eigenvalue weighted by molar-refractivity contribution is 6.31. The van der Waals surface area contributed by atoms with E-state index in [2.05, 4.69) is 0 Å². The van der Waals surface area contributed by atoms with E-state index in [1.54, 1.807) is 19.1 Å². The van der Waals surface area contributed by atoms with Crippen LogP contribution in [0.5, 0.6) is 0 Å². The minimum absolute atomic E-state index is 0.123. The number of hydrogen-bond acceptors (Lipinski definition) is 5. The van der Waals surface area contributed by atoms with Gasteiger partial charge in [-0.05, 0) is 53.6 Å². The maximum absolute atomic E-state index is 13.9. The maximum Gasteiger partial charge on any atom is 0.338 e. The van der Waals surface area contributed by atoms with Crippen molar-refractivity contribution in [3.8, 4) is 0 Å². The summed E-state index contributed by atoms with van der Waals surface area (Å²) in [4.78, 5) is 55.1. The second-order valence-corrected chi connectivity index (χ2v) is 10.9. The highest BCUT2D eigenvalue weighted by Crippen LogP contribution is 2.69. The van der Waals surface area contributed by atoms with Gasteiger partial charge in [-0.2, -0.15) is 0 Å². The molecule has 1 atom stereocenters. The monoisotopic (exact) mass is 510 g/mol. The van der Waals surface area contributed by atoms with Gasteiger partial charge in [0.2, 0.25) is 11.8 Å². The van der Waals surface area contributed by atoms with Crippen molar-refractivity contribution in [1.82, 2.24) is 4.90 Å². The first-order valence-corrected chi connectivity index (χ1v) is 12.5. The highest BCUT2D eigenvalue weighted by atomic mass is 35.5. The Morgan fingerprint density at radius 2 is 1.64 bits per heavy atom. The average molecular weight is 511 g/mol. The van der Waals surface area contributed by atoms with Crippen molar-refractivity contribution in [3.05, 3.63) is 64.7 Å². The van der Waals surface area contributed by atoms with E-state index in [-0.39, 0.29) is 42.2 Å². The van der Waals surface area contributed by atoms with Crippen LogP contribution in [0.25, 0.3) is 0 Å². The minimum Gasteiger partial charge on any atom is -0.462 e. The highest BCUT2D eigenvalue weighted by Gasteiger charge is 2.69. The number of carbonyl (C=O) groups is 4. The normalized spacial score (nSPS) is 20.4. The molecule has 0 bridgehead atoms. The van der Waals surface area contributed by atoms with Gasteiger partial charge in [0.15, 0.2) is 0 Å². The zero-order valence-electron chi connectivity index (χ0n) is 21.2. The molecule has 4 rings (SSSR count). The third-order valence-corrected chi connectivity index (χ3v) is 8.35.